The van der Waals surface area contributed by atoms with Crippen molar-refractivity contribution in [2.45, 2.75) is 90.4 Å². The van der Waals surface area contributed by atoms with Gasteiger partial charge in [-0.15, -0.1) is 0 Å². The van der Waals surface area contributed by atoms with Crippen molar-refractivity contribution in [2.75, 3.05) is 13.1 Å². The third-order valence-electron chi connectivity index (χ3n) is 5.95. The number of nitrogens with one attached hydrogen (secondary N) is 3. The molecule has 5 atom stereocenters. The van der Waals surface area contributed by atoms with Gasteiger partial charge in [-0.25, -0.2) is 4.79 Å². The Hall–Kier alpha value is -2.93. The third-order valence-corrected chi connectivity index (χ3v) is 5.95. The summed E-state index contributed by atoms with van der Waals surface area (Å²) >= 11 is 0. The molecule has 0 spiro atoms. The summed E-state index contributed by atoms with van der Waals surface area (Å²) in [5, 5.41) is 17.3. The standard InChI is InChI=1S/C23H46N8O5/c1-5-14(4)17(25)20(33)31-18(13(2)3)21(34)29-15(10-8-12-28-23(26)27)19(32)30-16(22(35)36)9-6-7-11-24/h13-18H,5-12,24-25H2,1-4H3,(H,29,34)(H,30,32)(H,31,33)(H,35,36)(H4,26,27,28). The molecule has 36 heavy (non-hydrogen) atoms. The molecule has 0 radical (unpaired) electrons. The fraction of sp³-hybridized carbons (Fsp3) is 0.783. The van der Waals surface area contributed by atoms with Crippen LogP contribution in [0.15, 0.2) is 4.99 Å². The second kappa shape index (κ2) is 17.5. The minimum atomic E-state index is -1.18. The Morgan fingerprint density at radius 1 is 0.861 bits per heavy atom. The van der Waals surface area contributed by atoms with Crippen LogP contribution in [0.1, 0.15) is 66.2 Å². The van der Waals surface area contributed by atoms with Crippen LogP contribution in [0.2, 0.25) is 0 Å². The molecule has 13 nitrogen and oxygen atoms in total. The normalized spacial score (nSPS) is 15.2. The highest BCUT2D eigenvalue weighted by atomic mass is 16.4. The number of carbonyl (C=O) groups is 4. The van der Waals surface area contributed by atoms with E-state index in [9.17, 15) is 24.3 Å². The largest absolute Gasteiger partial charge is 0.480 e. The Kier molecular flexibility index (Phi) is 16.1. The Morgan fingerprint density at radius 3 is 1.94 bits per heavy atom. The van der Waals surface area contributed by atoms with E-state index in [1.165, 1.54) is 0 Å². The van der Waals surface area contributed by atoms with Crippen molar-refractivity contribution in [3.8, 4) is 0 Å². The van der Waals surface area contributed by atoms with Gasteiger partial charge in [-0.1, -0.05) is 34.1 Å². The number of carboxylic acids is 1. The van der Waals surface area contributed by atoms with Crippen LogP contribution in [0.5, 0.6) is 0 Å². The van der Waals surface area contributed by atoms with Crippen LogP contribution in [0.25, 0.3) is 0 Å². The number of hydrogen-bond donors (Lipinski definition) is 8. The summed E-state index contributed by atoms with van der Waals surface area (Å²) in [6.07, 6.45) is 2.53. The van der Waals surface area contributed by atoms with Gasteiger partial charge in [0, 0.05) is 6.54 Å². The fourth-order valence-electron chi connectivity index (χ4n) is 3.35. The molecule has 0 fully saturated rings. The second-order valence-electron chi connectivity index (χ2n) is 9.34. The average molecular weight is 515 g/mol. The van der Waals surface area contributed by atoms with E-state index in [1.54, 1.807) is 13.8 Å². The zero-order valence-corrected chi connectivity index (χ0v) is 22.0. The number of guanidine groups is 1. The van der Waals surface area contributed by atoms with Gasteiger partial charge in [0.2, 0.25) is 17.7 Å². The molecule has 13 heteroatoms. The smallest absolute Gasteiger partial charge is 0.326 e. The first-order valence-corrected chi connectivity index (χ1v) is 12.5. The molecule has 0 aromatic carbocycles. The number of carbonyl (C=O) groups excluding carboxylic acids is 3. The number of amides is 3. The molecule has 0 heterocycles. The van der Waals surface area contributed by atoms with Crippen molar-refractivity contribution in [1.29, 1.82) is 0 Å². The zero-order valence-electron chi connectivity index (χ0n) is 22.0. The minimum absolute atomic E-state index is 0.0813. The van der Waals surface area contributed by atoms with E-state index in [1.807, 2.05) is 13.8 Å². The lowest BCUT2D eigenvalue weighted by Gasteiger charge is -2.28. The molecule has 3 amide bonds. The van der Waals surface area contributed by atoms with Gasteiger partial charge in [0.05, 0.1) is 6.04 Å². The zero-order chi connectivity index (χ0) is 27.8. The molecule has 0 aliphatic rings. The second-order valence-corrected chi connectivity index (χ2v) is 9.34. The Balaban J connectivity index is 5.56. The van der Waals surface area contributed by atoms with Crippen LogP contribution >= 0.6 is 0 Å². The molecule has 208 valence electrons. The minimum Gasteiger partial charge on any atom is -0.480 e. The van der Waals surface area contributed by atoms with Crippen molar-refractivity contribution in [1.82, 2.24) is 16.0 Å². The van der Waals surface area contributed by atoms with Crippen molar-refractivity contribution in [3.63, 3.8) is 0 Å². The van der Waals surface area contributed by atoms with Crippen molar-refractivity contribution in [3.05, 3.63) is 0 Å². The Labute approximate surface area is 213 Å². The lowest BCUT2D eigenvalue weighted by atomic mass is 9.97. The number of nitrogens with zero attached hydrogens (tertiary/aromatic N) is 1. The molecular formula is C23H46N8O5. The quantitative estimate of drug-likeness (QED) is 0.0617. The van der Waals surface area contributed by atoms with Gasteiger partial charge >= 0.3 is 5.97 Å². The topological polar surface area (TPSA) is 241 Å². The first kappa shape index (κ1) is 33.1. The van der Waals surface area contributed by atoms with E-state index >= 15 is 0 Å². The molecular weight excluding hydrogens is 468 g/mol. The van der Waals surface area contributed by atoms with E-state index in [2.05, 4.69) is 20.9 Å². The SMILES string of the molecule is CCC(C)C(N)C(=O)NC(C(=O)NC(CCCN=C(N)N)C(=O)NC(CCCCN)C(=O)O)C(C)C. The average Bonchev–Trinajstić information content (AvgIpc) is 2.81. The van der Waals surface area contributed by atoms with Crippen LogP contribution < -0.4 is 38.9 Å². The van der Waals surface area contributed by atoms with Gasteiger partial charge in [-0.05, 0) is 50.5 Å². The van der Waals surface area contributed by atoms with Crippen LogP contribution in [0.4, 0.5) is 0 Å². The Bertz CT molecular complexity index is 742. The van der Waals surface area contributed by atoms with E-state index in [4.69, 9.17) is 22.9 Å². The third kappa shape index (κ3) is 12.7. The molecule has 12 N–H and O–H groups in total. The summed E-state index contributed by atoms with van der Waals surface area (Å²) in [6.45, 7) is 7.90. The molecule has 5 unspecified atom stereocenters. The monoisotopic (exact) mass is 514 g/mol. The molecule has 0 aromatic heterocycles. The van der Waals surface area contributed by atoms with Gasteiger partial charge in [-0.3, -0.25) is 19.4 Å². The van der Waals surface area contributed by atoms with Gasteiger partial charge in [-0.2, -0.15) is 0 Å². The molecule has 0 saturated heterocycles. The van der Waals surface area contributed by atoms with Crippen LogP contribution in [0.3, 0.4) is 0 Å². The van der Waals surface area contributed by atoms with Crippen LogP contribution in [0, 0.1) is 11.8 Å². The number of aliphatic carboxylic acids is 1. The number of unbranched alkanes of at least 4 members (excludes halogenated alkanes) is 1. The van der Waals surface area contributed by atoms with Gasteiger partial charge in [0.25, 0.3) is 0 Å². The molecule has 0 saturated carbocycles. The van der Waals surface area contributed by atoms with Crippen LogP contribution in [-0.2, 0) is 19.2 Å². The fourth-order valence-corrected chi connectivity index (χ4v) is 3.35. The molecule has 0 rings (SSSR count). The number of hydrogen-bond acceptors (Lipinski definition) is 7. The summed E-state index contributed by atoms with van der Waals surface area (Å²) in [4.78, 5) is 54.2. The summed E-state index contributed by atoms with van der Waals surface area (Å²) in [6, 6.07) is -3.92. The predicted molar refractivity (Wildman–Crippen MR) is 139 cm³/mol. The maximum Gasteiger partial charge on any atom is 0.326 e. The summed E-state index contributed by atoms with van der Waals surface area (Å²) < 4.78 is 0. The Morgan fingerprint density at radius 2 is 1.44 bits per heavy atom. The summed E-state index contributed by atoms with van der Waals surface area (Å²) in [5.74, 6) is -3.36. The van der Waals surface area contributed by atoms with E-state index < -0.39 is 47.9 Å². The van der Waals surface area contributed by atoms with Gasteiger partial charge in [0.1, 0.15) is 18.1 Å². The summed E-state index contributed by atoms with van der Waals surface area (Å²) in [7, 11) is 0. The maximum atomic E-state index is 13.1. The summed E-state index contributed by atoms with van der Waals surface area (Å²) in [5.41, 5.74) is 22.1. The molecule has 0 bridgehead atoms. The molecule has 0 aliphatic carbocycles. The predicted octanol–water partition coefficient (Wildman–Crippen LogP) is -1.26. The number of aliphatic imine (C=N–C) groups is 1. The first-order chi connectivity index (χ1) is 16.8. The lowest BCUT2D eigenvalue weighted by molar-refractivity contribution is -0.142. The van der Waals surface area contributed by atoms with Crippen molar-refractivity contribution >= 4 is 29.7 Å². The first-order valence-electron chi connectivity index (χ1n) is 12.5. The highest BCUT2D eigenvalue weighted by Gasteiger charge is 2.32. The number of carboxylic acid groups (broad SMARTS) is 1. The maximum absolute atomic E-state index is 13.1. The highest BCUT2D eigenvalue weighted by Crippen LogP contribution is 2.10. The molecule has 0 aromatic rings. The van der Waals surface area contributed by atoms with Gasteiger partial charge < -0.3 is 44.0 Å². The number of nitrogens with two attached hydrogens (primary N) is 4. The van der Waals surface area contributed by atoms with E-state index in [0.29, 0.717) is 32.2 Å². The number of rotatable bonds is 18. The molecule has 0 aliphatic heterocycles. The van der Waals surface area contributed by atoms with Gasteiger partial charge in [0.15, 0.2) is 5.96 Å². The van der Waals surface area contributed by atoms with E-state index in [0.717, 1.165) is 0 Å². The van der Waals surface area contributed by atoms with Crippen LogP contribution in [-0.4, -0.2) is 72.0 Å². The lowest BCUT2D eigenvalue weighted by Crippen LogP contribution is -2.59. The van der Waals surface area contributed by atoms with E-state index in [-0.39, 0.29) is 37.2 Å². The van der Waals surface area contributed by atoms with Crippen molar-refractivity contribution < 1.29 is 24.3 Å². The highest BCUT2D eigenvalue weighted by molar-refractivity contribution is 5.94. The van der Waals surface area contributed by atoms with Crippen molar-refractivity contribution in [2.24, 2.45) is 39.8 Å².